The average molecular weight is 288 g/mol. The SMILES string of the molecule is CCCCCNc1nccc(NCCC2=CCCCC2)n1. The Morgan fingerprint density at radius 1 is 1.14 bits per heavy atom. The van der Waals surface area contributed by atoms with E-state index in [9.17, 15) is 0 Å². The van der Waals surface area contributed by atoms with Gasteiger partial charge in [0, 0.05) is 19.3 Å². The summed E-state index contributed by atoms with van der Waals surface area (Å²) in [6.07, 6.45) is 14.3. The maximum absolute atomic E-state index is 4.50. The largest absolute Gasteiger partial charge is 0.370 e. The highest BCUT2D eigenvalue weighted by Crippen LogP contribution is 2.20. The number of nitrogens with one attached hydrogen (secondary N) is 2. The molecule has 2 rings (SSSR count). The summed E-state index contributed by atoms with van der Waals surface area (Å²) < 4.78 is 0. The van der Waals surface area contributed by atoms with Crippen molar-refractivity contribution in [3.8, 4) is 0 Å². The second kappa shape index (κ2) is 9.37. The lowest BCUT2D eigenvalue weighted by Crippen LogP contribution is -2.09. The van der Waals surface area contributed by atoms with Crippen molar-refractivity contribution in [2.45, 2.75) is 58.3 Å². The van der Waals surface area contributed by atoms with Gasteiger partial charge in [-0.2, -0.15) is 4.98 Å². The minimum Gasteiger partial charge on any atom is -0.370 e. The average Bonchev–Trinajstić information content (AvgIpc) is 2.53. The molecule has 0 saturated heterocycles. The van der Waals surface area contributed by atoms with Gasteiger partial charge in [-0.3, -0.25) is 0 Å². The predicted octanol–water partition coefficient (Wildman–Crippen LogP) is 4.38. The van der Waals surface area contributed by atoms with E-state index in [1.165, 1.54) is 44.9 Å². The van der Waals surface area contributed by atoms with Crippen LogP contribution >= 0.6 is 0 Å². The summed E-state index contributed by atoms with van der Waals surface area (Å²) in [4.78, 5) is 8.76. The molecule has 0 aliphatic heterocycles. The lowest BCUT2D eigenvalue weighted by Gasteiger charge is -2.13. The molecule has 0 spiro atoms. The van der Waals surface area contributed by atoms with E-state index in [2.05, 4.69) is 33.6 Å². The van der Waals surface area contributed by atoms with Gasteiger partial charge in [-0.05, 0) is 44.6 Å². The van der Waals surface area contributed by atoms with Crippen molar-refractivity contribution < 1.29 is 0 Å². The van der Waals surface area contributed by atoms with Crippen molar-refractivity contribution in [2.24, 2.45) is 0 Å². The zero-order valence-electron chi connectivity index (χ0n) is 13.2. The topological polar surface area (TPSA) is 49.8 Å². The van der Waals surface area contributed by atoms with E-state index in [-0.39, 0.29) is 0 Å². The molecule has 0 saturated carbocycles. The number of hydrogen-bond donors (Lipinski definition) is 2. The molecule has 0 fully saturated rings. The maximum Gasteiger partial charge on any atom is 0.224 e. The fourth-order valence-electron chi connectivity index (χ4n) is 2.60. The summed E-state index contributed by atoms with van der Waals surface area (Å²) in [5.41, 5.74) is 1.60. The molecule has 2 N–H and O–H groups in total. The van der Waals surface area contributed by atoms with Gasteiger partial charge in [-0.25, -0.2) is 4.98 Å². The first-order chi connectivity index (χ1) is 10.4. The van der Waals surface area contributed by atoms with Gasteiger partial charge in [0.1, 0.15) is 5.82 Å². The lowest BCUT2D eigenvalue weighted by atomic mass is 9.97. The van der Waals surface area contributed by atoms with Crippen molar-refractivity contribution in [2.75, 3.05) is 23.7 Å². The molecular formula is C17H28N4. The summed E-state index contributed by atoms with van der Waals surface area (Å²) in [6.45, 7) is 4.12. The summed E-state index contributed by atoms with van der Waals surface area (Å²) in [5, 5.41) is 6.69. The van der Waals surface area contributed by atoms with Crippen LogP contribution in [0.3, 0.4) is 0 Å². The van der Waals surface area contributed by atoms with Crippen molar-refractivity contribution >= 4 is 11.8 Å². The molecule has 4 nitrogen and oxygen atoms in total. The number of hydrogen-bond acceptors (Lipinski definition) is 4. The minimum absolute atomic E-state index is 0.730. The van der Waals surface area contributed by atoms with Crippen LogP contribution in [0.15, 0.2) is 23.9 Å². The van der Waals surface area contributed by atoms with E-state index in [0.717, 1.165) is 31.3 Å². The van der Waals surface area contributed by atoms with Gasteiger partial charge in [0.15, 0.2) is 0 Å². The van der Waals surface area contributed by atoms with Gasteiger partial charge in [0.05, 0.1) is 0 Å². The van der Waals surface area contributed by atoms with E-state index < -0.39 is 0 Å². The predicted molar refractivity (Wildman–Crippen MR) is 89.7 cm³/mol. The fourth-order valence-corrected chi connectivity index (χ4v) is 2.60. The van der Waals surface area contributed by atoms with Gasteiger partial charge in [0.2, 0.25) is 5.95 Å². The molecule has 1 aromatic heterocycles. The second-order valence-electron chi connectivity index (χ2n) is 5.68. The molecule has 0 radical (unpaired) electrons. The van der Waals surface area contributed by atoms with Crippen molar-refractivity contribution in [1.29, 1.82) is 0 Å². The maximum atomic E-state index is 4.50. The van der Waals surface area contributed by atoms with Crippen LogP contribution in [-0.2, 0) is 0 Å². The molecule has 0 amide bonds. The van der Waals surface area contributed by atoms with E-state index in [0.29, 0.717) is 0 Å². The summed E-state index contributed by atoms with van der Waals surface area (Å²) in [5.74, 6) is 1.65. The summed E-state index contributed by atoms with van der Waals surface area (Å²) >= 11 is 0. The molecule has 0 unspecified atom stereocenters. The van der Waals surface area contributed by atoms with Gasteiger partial charge in [-0.1, -0.05) is 31.4 Å². The first-order valence-electron chi connectivity index (χ1n) is 8.37. The van der Waals surface area contributed by atoms with Crippen molar-refractivity contribution in [3.63, 3.8) is 0 Å². The van der Waals surface area contributed by atoms with E-state index in [1.807, 2.05) is 12.3 Å². The highest BCUT2D eigenvalue weighted by Gasteiger charge is 2.04. The number of unbranched alkanes of at least 4 members (excludes halogenated alkanes) is 2. The molecule has 0 bridgehead atoms. The number of allylic oxidation sites excluding steroid dienone is 1. The first-order valence-corrected chi connectivity index (χ1v) is 8.37. The van der Waals surface area contributed by atoms with Crippen LogP contribution in [0.4, 0.5) is 11.8 Å². The number of nitrogens with zero attached hydrogens (tertiary/aromatic N) is 2. The number of rotatable bonds is 9. The Kier molecular flexibility index (Phi) is 7.05. The Morgan fingerprint density at radius 2 is 2.10 bits per heavy atom. The third kappa shape index (κ3) is 6.15. The molecule has 1 aliphatic rings. The third-order valence-corrected chi connectivity index (χ3v) is 3.86. The summed E-state index contributed by atoms with van der Waals surface area (Å²) in [7, 11) is 0. The zero-order valence-corrected chi connectivity index (χ0v) is 13.2. The minimum atomic E-state index is 0.730. The van der Waals surface area contributed by atoms with Gasteiger partial charge >= 0.3 is 0 Å². The van der Waals surface area contributed by atoms with Crippen LogP contribution in [-0.4, -0.2) is 23.1 Å². The molecule has 1 aromatic rings. The van der Waals surface area contributed by atoms with E-state index in [4.69, 9.17) is 0 Å². The fraction of sp³-hybridized carbons (Fsp3) is 0.647. The third-order valence-electron chi connectivity index (χ3n) is 3.86. The molecule has 1 aliphatic carbocycles. The van der Waals surface area contributed by atoms with Crippen LogP contribution in [0.5, 0.6) is 0 Å². The van der Waals surface area contributed by atoms with Gasteiger partial charge in [-0.15, -0.1) is 0 Å². The number of anilines is 2. The van der Waals surface area contributed by atoms with Crippen LogP contribution in [0.25, 0.3) is 0 Å². The Labute approximate surface area is 128 Å². The Morgan fingerprint density at radius 3 is 2.90 bits per heavy atom. The molecule has 1 heterocycles. The first kappa shape index (κ1) is 15.8. The lowest BCUT2D eigenvalue weighted by molar-refractivity contribution is 0.679. The molecular weight excluding hydrogens is 260 g/mol. The zero-order chi connectivity index (χ0) is 14.8. The van der Waals surface area contributed by atoms with Crippen molar-refractivity contribution in [3.05, 3.63) is 23.9 Å². The molecule has 4 heteroatoms. The molecule has 116 valence electrons. The Bertz CT molecular complexity index is 442. The monoisotopic (exact) mass is 288 g/mol. The smallest absolute Gasteiger partial charge is 0.224 e. The normalized spacial score (nSPS) is 14.6. The highest BCUT2D eigenvalue weighted by molar-refractivity contribution is 5.39. The Hall–Kier alpha value is -1.58. The quantitative estimate of drug-likeness (QED) is 0.523. The molecule has 21 heavy (non-hydrogen) atoms. The number of aromatic nitrogens is 2. The standard InChI is InChI=1S/C17H28N4/c1-2-3-7-12-19-17-20-14-11-16(21-17)18-13-10-15-8-5-4-6-9-15/h8,11,14H,2-7,9-10,12-13H2,1H3,(H2,18,19,20,21). The second-order valence-corrected chi connectivity index (χ2v) is 5.68. The van der Waals surface area contributed by atoms with Crippen molar-refractivity contribution in [1.82, 2.24) is 9.97 Å². The Balaban J connectivity index is 1.71. The molecule has 0 atom stereocenters. The summed E-state index contributed by atoms with van der Waals surface area (Å²) in [6, 6.07) is 1.94. The van der Waals surface area contributed by atoms with Crippen LogP contribution in [0.2, 0.25) is 0 Å². The van der Waals surface area contributed by atoms with Gasteiger partial charge in [0.25, 0.3) is 0 Å². The van der Waals surface area contributed by atoms with E-state index in [1.54, 1.807) is 5.57 Å². The van der Waals surface area contributed by atoms with Crippen LogP contribution < -0.4 is 10.6 Å². The van der Waals surface area contributed by atoms with Gasteiger partial charge < -0.3 is 10.6 Å². The highest BCUT2D eigenvalue weighted by atomic mass is 15.1. The van der Waals surface area contributed by atoms with E-state index >= 15 is 0 Å². The van der Waals surface area contributed by atoms with Crippen LogP contribution in [0, 0.1) is 0 Å². The van der Waals surface area contributed by atoms with Crippen LogP contribution in [0.1, 0.15) is 58.3 Å². The molecule has 0 aromatic carbocycles.